The average Bonchev–Trinajstić information content (AvgIpc) is 3.45. The lowest BCUT2D eigenvalue weighted by molar-refractivity contribution is -0.938. The van der Waals surface area contributed by atoms with Gasteiger partial charge >= 0.3 is 0 Å². The van der Waals surface area contributed by atoms with Crippen LogP contribution in [0.2, 0.25) is 0 Å². The molecule has 1 aliphatic rings. The van der Waals surface area contributed by atoms with E-state index >= 15 is 0 Å². The van der Waals surface area contributed by atoms with Crippen LogP contribution < -0.4 is 9.64 Å². The first kappa shape index (κ1) is 16.9. The van der Waals surface area contributed by atoms with Gasteiger partial charge in [0, 0.05) is 31.1 Å². The first-order valence-corrected chi connectivity index (χ1v) is 9.47. The quantitative estimate of drug-likeness (QED) is 0.662. The fourth-order valence-corrected chi connectivity index (χ4v) is 3.63. The van der Waals surface area contributed by atoms with Gasteiger partial charge in [0.05, 0.1) is 18.8 Å². The molecule has 1 saturated carbocycles. The van der Waals surface area contributed by atoms with Crippen LogP contribution >= 0.6 is 0 Å². The van der Waals surface area contributed by atoms with Gasteiger partial charge in [-0.2, -0.15) is 0 Å². The second-order valence-electron chi connectivity index (χ2n) is 7.25. The van der Waals surface area contributed by atoms with Crippen LogP contribution in [0.5, 0.6) is 5.75 Å². The lowest BCUT2D eigenvalue weighted by atomic mass is 10.2. The summed E-state index contributed by atoms with van der Waals surface area (Å²) in [5.74, 6) is 0.929. The Hall–Kier alpha value is -2.52. The number of hydrogen-bond acceptors (Lipinski definition) is 1. The molecule has 0 bridgehead atoms. The summed E-state index contributed by atoms with van der Waals surface area (Å²) in [5.41, 5.74) is 4.16. The molecular formula is C23H27N2O+. The molecule has 1 aliphatic carbocycles. The van der Waals surface area contributed by atoms with Gasteiger partial charge < -0.3 is 14.2 Å². The number of nitrogens with zero attached hydrogens (tertiary/aromatic N) is 1. The third kappa shape index (κ3) is 4.17. The minimum absolute atomic E-state index is 0.803. The number of ether oxygens (including phenoxy) is 1. The summed E-state index contributed by atoms with van der Waals surface area (Å²) in [4.78, 5) is 1.67. The van der Waals surface area contributed by atoms with Gasteiger partial charge in [-0.3, -0.25) is 0 Å². The molecule has 2 aromatic carbocycles. The number of aromatic nitrogens is 1. The molecule has 0 saturated heterocycles. The predicted octanol–water partition coefficient (Wildman–Crippen LogP) is 3.29. The first-order chi connectivity index (χ1) is 12.8. The van der Waals surface area contributed by atoms with Gasteiger partial charge in [-0.05, 0) is 42.0 Å². The number of methoxy groups -OCH3 is 1. The van der Waals surface area contributed by atoms with Crippen LogP contribution in [0.3, 0.4) is 0 Å². The van der Waals surface area contributed by atoms with Gasteiger partial charge in [0.2, 0.25) is 0 Å². The molecule has 3 heteroatoms. The number of hydrogen-bond donors (Lipinski definition) is 1. The molecule has 0 spiro atoms. The van der Waals surface area contributed by atoms with Crippen molar-refractivity contribution in [2.75, 3.05) is 7.11 Å². The molecule has 1 unspecified atom stereocenters. The maximum Gasteiger partial charge on any atom is 0.118 e. The topological polar surface area (TPSA) is 18.6 Å². The third-order valence-electron chi connectivity index (χ3n) is 5.27. The third-order valence-corrected chi connectivity index (χ3v) is 5.27. The summed E-state index contributed by atoms with van der Waals surface area (Å²) in [7, 11) is 1.72. The highest BCUT2D eigenvalue weighted by molar-refractivity contribution is 5.26. The zero-order valence-corrected chi connectivity index (χ0v) is 15.4. The van der Waals surface area contributed by atoms with Gasteiger partial charge in [0.15, 0.2) is 0 Å². The molecule has 1 heterocycles. The molecular weight excluding hydrogens is 320 g/mol. The van der Waals surface area contributed by atoms with Crippen LogP contribution in [0.15, 0.2) is 72.9 Å². The van der Waals surface area contributed by atoms with Crippen molar-refractivity contribution in [2.45, 2.75) is 38.5 Å². The van der Waals surface area contributed by atoms with E-state index in [2.05, 4.69) is 77.5 Å². The first-order valence-electron chi connectivity index (χ1n) is 9.47. The van der Waals surface area contributed by atoms with Crippen LogP contribution in [-0.2, 0) is 19.6 Å². The highest BCUT2D eigenvalue weighted by Gasteiger charge is 2.33. The van der Waals surface area contributed by atoms with E-state index < -0.39 is 0 Å². The van der Waals surface area contributed by atoms with E-state index in [-0.39, 0.29) is 0 Å². The SMILES string of the molecule is COc1ccc(C[NH+](Cc2cccn2Cc2ccccc2)C2CC2)cc1. The largest absolute Gasteiger partial charge is 0.497 e. The molecule has 3 aromatic rings. The lowest BCUT2D eigenvalue weighted by Gasteiger charge is -2.21. The monoisotopic (exact) mass is 347 g/mol. The van der Waals surface area contributed by atoms with Crippen molar-refractivity contribution in [3.63, 3.8) is 0 Å². The highest BCUT2D eigenvalue weighted by atomic mass is 16.5. The standard InChI is InChI=1S/C23H26N2O/c1-26-23-13-9-20(10-14-23)17-25(21-11-12-21)18-22-8-5-15-24(22)16-19-6-3-2-4-7-19/h2-10,13-15,21H,11-12,16-18H2,1H3/p+1. The Morgan fingerprint density at radius 3 is 2.35 bits per heavy atom. The van der Waals surface area contributed by atoms with Crippen LogP contribution in [0, 0.1) is 0 Å². The normalized spacial score (nSPS) is 15.0. The Morgan fingerprint density at radius 1 is 0.885 bits per heavy atom. The lowest BCUT2D eigenvalue weighted by Crippen LogP contribution is -3.10. The molecule has 4 rings (SSSR count). The molecule has 0 aliphatic heterocycles. The Bertz CT molecular complexity index is 819. The zero-order chi connectivity index (χ0) is 17.8. The fourth-order valence-electron chi connectivity index (χ4n) is 3.63. The molecule has 0 amide bonds. The van der Waals surface area contributed by atoms with E-state index in [0.29, 0.717) is 0 Å². The average molecular weight is 347 g/mol. The van der Waals surface area contributed by atoms with Crippen molar-refractivity contribution in [3.8, 4) is 5.75 Å². The number of quaternary nitrogens is 1. The summed E-state index contributed by atoms with van der Waals surface area (Å²) in [5, 5.41) is 0. The second kappa shape index (κ2) is 7.79. The van der Waals surface area contributed by atoms with Crippen LogP contribution in [-0.4, -0.2) is 17.7 Å². The van der Waals surface area contributed by atoms with Crippen LogP contribution in [0.25, 0.3) is 0 Å². The summed E-state index contributed by atoms with van der Waals surface area (Å²) < 4.78 is 7.68. The fraction of sp³-hybridized carbons (Fsp3) is 0.304. The van der Waals surface area contributed by atoms with Crippen molar-refractivity contribution < 1.29 is 9.64 Å². The number of rotatable bonds is 8. The molecule has 1 atom stereocenters. The molecule has 1 fully saturated rings. The van der Waals surface area contributed by atoms with Crippen LogP contribution in [0.1, 0.15) is 29.7 Å². The van der Waals surface area contributed by atoms with Gasteiger partial charge in [0.25, 0.3) is 0 Å². The van der Waals surface area contributed by atoms with E-state index in [4.69, 9.17) is 4.74 Å². The molecule has 3 nitrogen and oxygen atoms in total. The van der Waals surface area contributed by atoms with Crippen molar-refractivity contribution in [1.29, 1.82) is 0 Å². The number of benzene rings is 2. The minimum Gasteiger partial charge on any atom is -0.497 e. The molecule has 0 radical (unpaired) electrons. The van der Waals surface area contributed by atoms with Gasteiger partial charge in [0.1, 0.15) is 18.8 Å². The molecule has 1 N–H and O–H groups in total. The van der Waals surface area contributed by atoms with Gasteiger partial charge in [-0.25, -0.2) is 0 Å². The Morgan fingerprint density at radius 2 is 1.65 bits per heavy atom. The Balaban J connectivity index is 1.46. The second-order valence-corrected chi connectivity index (χ2v) is 7.25. The van der Waals surface area contributed by atoms with E-state index in [1.807, 2.05) is 0 Å². The van der Waals surface area contributed by atoms with Gasteiger partial charge in [-0.15, -0.1) is 0 Å². The maximum atomic E-state index is 5.28. The van der Waals surface area contributed by atoms with E-state index in [1.54, 1.807) is 12.0 Å². The Kier molecular flexibility index (Phi) is 5.07. The smallest absolute Gasteiger partial charge is 0.118 e. The summed E-state index contributed by atoms with van der Waals surface area (Å²) >= 11 is 0. The predicted molar refractivity (Wildman–Crippen MR) is 104 cm³/mol. The van der Waals surface area contributed by atoms with E-state index in [0.717, 1.165) is 31.4 Å². The van der Waals surface area contributed by atoms with Crippen molar-refractivity contribution in [1.82, 2.24) is 4.57 Å². The summed E-state index contributed by atoms with van der Waals surface area (Å²) in [6.45, 7) is 3.10. The molecule has 26 heavy (non-hydrogen) atoms. The summed E-state index contributed by atoms with van der Waals surface area (Å²) in [6.07, 6.45) is 4.91. The zero-order valence-electron chi connectivity index (χ0n) is 15.4. The van der Waals surface area contributed by atoms with Crippen LogP contribution in [0.4, 0.5) is 0 Å². The van der Waals surface area contributed by atoms with E-state index in [9.17, 15) is 0 Å². The maximum absolute atomic E-state index is 5.28. The van der Waals surface area contributed by atoms with Crippen molar-refractivity contribution >= 4 is 0 Å². The minimum atomic E-state index is 0.803. The molecule has 134 valence electrons. The Labute approximate surface area is 155 Å². The van der Waals surface area contributed by atoms with Gasteiger partial charge in [-0.1, -0.05) is 30.3 Å². The highest BCUT2D eigenvalue weighted by Crippen LogP contribution is 2.18. The van der Waals surface area contributed by atoms with Crippen molar-refractivity contribution in [2.24, 2.45) is 0 Å². The van der Waals surface area contributed by atoms with E-state index in [1.165, 1.54) is 29.7 Å². The number of nitrogens with one attached hydrogen (secondary N) is 1. The van der Waals surface area contributed by atoms with Crippen molar-refractivity contribution in [3.05, 3.63) is 89.7 Å². The summed E-state index contributed by atoms with van der Waals surface area (Å²) in [6, 6.07) is 24.5. The molecule has 1 aromatic heterocycles.